The lowest BCUT2D eigenvalue weighted by Gasteiger charge is -1.65. The minimum absolute atomic E-state index is 0.919. The van der Waals surface area contributed by atoms with Crippen molar-refractivity contribution in [3.8, 4) is 0 Å². The van der Waals surface area contributed by atoms with Gasteiger partial charge in [0, 0.05) is 0 Å². The van der Waals surface area contributed by atoms with Gasteiger partial charge in [-0.15, -0.1) is 5.10 Å². The molecule has 0 aromatic carbocycles. The minimum atomic E-state index is 0.919. The third-order valence-corrected chi connectivity index (χ3v) is 0.911. The summed E-state index contributed by atoms with van der Waals surface area (Å²) in [5.74, 6) is 0. The van der Waals surface area contributed by atoms with E-state index in [4.69, 9.17) is 0 Å². The van der Waals surface area contributed by atoms with Crippen LogP contribution < -0.4 is 10.6 Å². The molecule has 1 aliphatic carbocycles. The Bertz CT molecular complexity index is 280. The van der Waals surface area contributed by atoms with Gasteiger partial charge < -0.3 is 0 Å². The number of hydrogen-bond acceptors (Lipinski definition) is 2. The molecule has 2 heteroatoms. The molecule has 2 nitrogen and oxygen atoms in total. The van der Waals surface area contributed by atoms with Crippen molar-refractivity contribution in [2.75, 3.05) is 0 Å². The van der Waals surface area contributed by atoms with Crippen LogP contribution in [-0.2, 0) is 0 Å². The van der Waals surface area contributed by atoms with Gasteiger partial charge in [-0.2, -0.15) is 5.10 Å². The highest BCUT2D eigenvalue weighted by Gasteiger charge is 1.90. The summed E-state index contributed by atoms with van der Waals surface area (Å²) in [6.07, 6.45) is 1.67. The van der Waals surface area contributed by atoms with Crippen molar-refractivity contribution < 1.29 is 0 Å². The Morgan fingerprint density at radius 2 is 2.57 bits per heavy atom. The van der Waals surface area contributed by atoms with E-state index in [0.29, 0.717) is 0 Å². The molecular formula is C5H2N2. The van der Waals surface area contributed by atoms with Crippen molar-refractivity contribution in [3.63, 3.8) is 0 Å². The lowest BCUT2D eigenvalue weighted by molar-refractivity contribution is 1.00. The first-order valence-electron chi connectivity index (χ1n) is 2.05. The quantitative estimate of drug-likeness (QED) is 0.395. The normalized spacial score (nSPS) is 10.9. The van der Waals surface area contributed by atoms with E-state index < -0.39 is 0 Å². The fourth-order valence-electron chi connectivity index (χ4n) is 0.495. The van der Waals surface area contributed by atoms with Crippen LogP contribution >= 0.6 is 0 Å². The molecule has 0 radical (unpaired) electrons. The molecule has 0 atom stereocenters. The summed E-state index contributed by atoms with van der Waals surface area (Å²) in [7, 11) is 0. The van der Waals surface area contributed by atoms with Gasteiger partial charge in [0.25, 0.3) is 0 Å². The van der Waals surface area contributed by atoms with E-state index in [1.165, 1.54) is 0 Å². The van der Waals surface area contributed by atoms with E-state index in [0.717, 1.165) is 10.6 Å². The third kappa shape index (κ3) is 0.283. The maximum absolute atomic E-state index is 3.71. The van der Waals surface area contributed by atoms with E-state index in [2.05, 4.69) is 15.9 Å². The fraction of sp³-hybridized carbons (Fsp3) is 0. The van der Waals surface area contributed by atoms with Crippen LogP contribution in [0.1, 0.15) is 0 Å². The van der Waals surface area contributed by atoms with Crippen LogP contribution in [0.3, 0.4) is 0 Å². The number of aromatic nitrogens is 2. The van der Waals surface area contributed by atoms with Gasteiger partial charge in [-0.05, 0) is 6.07 Å². The average molecular weight is 90.1 g/mol. The van der Waals surface area contributed by atoms with Crippen molar-refractivity contribution in [3.05, 3.63) is 22.8 Å². The molecular weight excluding hydrogens is 88.1 g/mol. The van der Waals surface area contributed by atoms with Gasteiger partial charge in [-0.25, -0.2) is 0 Å². The lowest BCUT2D eigenvalue weighted by atomic mass is 10.6. The maximum Gasteiger partial charge on any atom is 0.143 e. The second kappa shape index (κ2) is 0.745. The molecule has 1 aromatic heterocycles. The van der Waals surface area contributed by atoms with Gasteiger partial charge >= 0.3 is 0 Å². The van der Waals surface area contributed by atoms with Crippen molar-refractivity contribution in [1.29, 1.82) is 0 Å². The molecule has 0 amide bonds. The molecule has 0 fully saturated rings. The first-order chi connectivity index (χ1) is 3.47. The van der Waals surface area contributed by atoms with E-state index in [1.54, 1.807) is 6.20 Å². The SMILES string of the molecule is C1=c2ccnnc2=1. The highest BCUT2D eigenvalue weighted by atomic mass is 15.1. The lowest BCUT2D eigenvalue weighted by Crippen LogP contribution is -2.11. The second-order valence-electron chi connectivity index (χ2n) is 1.42. The van der Waals surface area contributed by atoms with Gasteiger partial charge in [0.1, 0.15) is 5.35 Å². The van der Waals surface area contributed by atoms with Crippen LogP contribution in [0.15, 0.2) is 12.3 Å². The molecule has 7 heavy (non-hydrogen) atoms. The van der Waals surface area contributed by atoms with Crippen LogP contribution in [0.25, 0.3) is 5.73 Å². The molecule has 1 aromatic rings. The van der Waals surface area contributed by atoms with Crippen molar-refractivity contribution in [2.24, 2.45) is 0 Å². The summed E-state index contributed by atoms with van der Waals surface area (Å²) >= 11 is 0. The van der Waals surface area contributed by atoms with Crippen molar-refractivity contribution >= 4 is 5.73 Å². The highest BCUT2D eigenvalue weighted by molar-refractivity contribution is 5.30. The number of fused-ring (bicyclic) bond motifs is 1. The summed E-state index contributed by atoms with van der Waals surface area (Å²) in [5.41, 5.74) is 2.92. The molecule has 0 bridgehead atoms. The van der Waals surface area contributed by atoms with Gasteiger partial charge in [0.15, 0.2) is 0 Å². The Morgan fingerprint density at radius 1 is 1.57 bits per heavy atom. The van der Waals surface area contributed by atoms with Crippen LogP contribution in [0, 0.1) is 0 Å². The van der Waals surface area contributed by atoms with Gasteiger partial charge in [0.05, 0.1) is 11.4 Å². The fourth-order valence-corrected chi connectivity index (χ4v) is 0.495. The largest absolute Gasteiger partial charge is 0.158 e. The smallest absolute Gasteiger partial charge is 0.143 e. The van der Waals surface area contributed by atoms with Crippen molar-refractivity contribution in [1.82, 2.24) is 10.2 Å². The molecule has 1 heterocycles. The second-order valence-corrected chi connectivity index (χ2v) is 1.42. The Kier molecular flexibility index (Phi) is 0.313. The minimum Gasteiger partial charge on any atom is -0.158 e. The Morgan fingerprint density at radius 3 is 3.14 bits per heavy atom. The standard InChI is InChI=1S/C5H2N2/c1-2-6-7-5-3-4(1)5/h1-2H. The zero-order valence-electron chi connectivity index (χ0n) is 3.55. The summed E-state index contributed by atoms with van der Waals surface area (Å²) in [6.45, 7) is 0. The van der Waals surface area contributed by atoms with E-state index in [9.17, 15) is 0 Å². The average Bonchev–Trinajstić information content (AvgIpc) is 2.41. The van der Waals surface area contributed by atoms with Gasteiger partial charge in [-0.3, -0.25) is 0 Å². The molecule has 0 saturated heterocycles. The van der Waals surface area contributed by atoms with Crippen LogP contribution in [0.5, 0.6) is 0 Å². The first-order valence-corrected chi connectivity index (χ1v) is 2.05. The molecule has 0 aliphatic heterocycles. The molecule has 0 saturated carbocycles. The Labute approximate surface area is 39.8 Å². The summed E-state index contributed by atoms with van der Waals surface area (Å²) in [5, 5.41) is 9.36. The maximum atomic E-state index is 3.71. The zero-order chi connectivity index (χ0) is 4.69. The van der Waals surface area contributed by atoms with Gasteiger partial charge in [-0.1, -0.05) is 5.73 Å². The number of hydrogen-bond donors (Lipinski definition) is 0. The van der Waals surface area contributed by atoms with E-state index in [1.807, 2.05) is 6.07 Å². The van der Waals surface area contributed by atoms with Crippen molar-refractivity contribution in [2.45, 2.75) is 0 Å². The van der Waals surface area contributed by atoms with Crippen LogP contribution in [-0.4, -0.2) is 10.2 Å². The first kappa shape index (κ1) is 2.94. The number of nitrogens with zero attached hydrogens (tertiary/aromatic N) is 2. The summed E-state index contributed by atoms with van der Waals surface area (Å²) in [6, 6.07) is 1.89. The molecule has 0 N–H and O–H groups in total. The van der Waals surface area contributed by atoms with E-state index in [-0.39, 0.29) is 0 Å². The van der Waals surface area contributed by atoms with E-state index >= 15 is 0 Å². The zero-order valence-corrected chi connectivity index (χ0v) is 3.55. The highest BCUT2D eigenvalue weighted by Crippen LogP contribution is 1.60. The predicted molar refractivity (Wildman–Crippen MR) is 23.8 cm³/mol. The predicted octanol–water partition coefficient (Wildman–Crippen LogP) is -1.46. The monoisotopic (exact) mass is 90.0 g/mol. The van der Waals surface area contributed by atoms with Crippen LogP contribution in [0.4, 0.5) is 0 Å². The molecule has 1 aliphatic rings. The Balaban J connectivity index is 3.03. The Hall–Kier alpha value is -1.14. The van der Waals surface area contributed by atoms with Crippen LogP contribution in [0.2, 0.25) is 0 Å². The molecule has 32 valence electrons. The number of rotatable bonds is 0. The topological polar surface area (TPSA) is 25.8 Å². The molecule has 0 unspecified atom stereocenters. The molecule has 0 spiro atoms. The summed E-state index contributed by atoms with van der Waals surface area (Å²) < 4.78 is 0. The third-order valence-electron chi connectivity index (χ3n) is 0.911. The molecule has 2 rings (SSSR count). The van der Waals surface area contributed by atoms with Gasteiger partial charge in [0.2, 0.25) is 0 Å². The summed E-state index contributed by atoms with van der Waals surface area (Å²) in [4.78, 5) is 0.